The van der Waals surface area contributed by atoms with Crippen molar-refractivity contribution in [3.63, 3.8) is 0 Å². The average Bonchev–Trinajstić information content (AvgIpc) is 3.47. The number of fused-ring (bicyclic) bond motifs is 1. The Kier molecular flexibility index (Phi) is 6.19. The van der Waals surface area contributed by atoms with Crippen LogP contribution in [0.4, 0.5) is 5.69 Å². The number of Topliss-reactive ketones (excluding diaryl/α,β-unsaturated/α-hetero) is 1. The molecule has 1 saturated heterocycles. The molecule has 2 N–H and O–H groups in total. The summed E-state index contributed by atoms with van der Waals surface area (Å²) in [6.07, 6.45) is 2.69. The first-order chi connectivity index (χ1) is 17.2. The molecular formula is C25H25N5O5S. The van der Waals surface area contributed by atoms with Crippen LogP contribution in [0.15, 0.2) is 59.9 Å². The molecule has 0 radical (unpaired) electrons. The zero-order chi connectivity index (χ0) is 25.4. The van der Waals surface area contributed by atoms with Crippen LogP contribution in [-0.2, 0) is 14.6 Å². The standard InChI is InChI=1S/C25H25N5O5S/c1-3-36(33,34)24-8-7-17(13-27-24)35-23-12-20-19(28-25(29-20)18-6-4-5-9-26-18)11-22(23)30-14-16(32)10-21(30)15(2)31/h4-9,11-13,16,21,32H,3,10,14H2,1-2H3,(H,28,29)/t16-,21-/m1/s1. The van der Waals surface area contributed by atoms with Crippen LogP contribution in [0, 0.1) is 0 Å². The summed E-state index contributed by atoms with van der Waals surface area (Å²) < 4.78 is 30.4. The van der Waals surface area contributed by atoms with E-state index in [0.717, 1.165) is 0 Å². The zero-order valence-electron chi connectivity index (χ0n) is 19.7. The van der Waals surface area contributed by atoms with E-state index in [1.165, 1.54) is 25.3 Å². The number of sulfone groups is 1. The molecule has 4 heterocycles. The summed E-state index contributed by atoms with van der Waals surface area (Å²) in [5, 5.41) is 10.3. The Bertz CT molecular complexity index is 1520. The van der Waals surface area contributed by atoms with Gasteiger partial charge in [-0.1, -0.05) is 13.0 Å². The SMILES string of the molecule is CCS(=O)(=O)c1ccc(Oc2cc3nc(-c4ccccn4)[nH]c3cc2N2C[C@H](O)C[C@@H]2C(C)=O)cn1. The van der Waals surface area contributed by atoms with Crippen LogP contribution in [0.5, 0.6) is 11.5 Å². The van der Waals surface area contributed by atoms with Gasteiger partial charge in [-0.05, 0) is 37.3 Å². The van der Waals surface area contributed by atoms with Crippen molar-refractivity contribution in [3.8, 4) is 23.0 Å². The summed E-state index contributed by atoms with van der Waals surface area (Å²) in [6, 6.07) is 11.5. The molecule has 5 rings (SSSR count). The molecule has 0 spiro atoms. The van der Waals surface area contributed by atoms with Gasteiger partial charge in [0.05, 0.1) is 40.8 Å². The van der Waals surface area contributed by atoms with Gasteiger partial charge in [-0.2, -0.15) is 0 Å². The first-order valence-electron chi connectivity index (χ1n) is 11.5. The van der Waals surface area contributed by atoms with Gasteiger partial charge in [-0.15, -0.1) is 0 Å². The Labute approximate surface area is 207 Å². The highest BCUT2D eigenvalue weighted by molar-refractivity contribution is 7.91. The number of pyridine rings is 2. The summed E-state index contributed by atoms with van der Waals surface area (Å²) >= 11 is 0. The normalized spacial score (nSPS) is 18.0. The second kappa shape index (κ2) is 9.32. The van der Waals surface area contributed by atoms with E-state index < -0.39 is 22.0 Å². The molecule has 186 valence electrons. The van der Waals surface area contributed by atoms with Crippen LogP contribution in [0.3, 0.4) is 0 Å². The summed E-state index contributed by atoms with van der Waals surface area (Å²) in [5.41, 5.74) is 2.60. The van der Waals surface area contributed by atoms with Gasteiger partial charge >= 0.3 is 0 Å². The minimum atomic E-state index is -3.44. The van der Waals surface area contributed by atoms with E-state index in [1.54, 1.807) is 19.2 Å². The van der Waals surface area contributed by atoms with Crippen molar-refractivity contribution in [3.05, 3.63) is 54.9 Å². The lowest BCUT2D eigenvalue weighted by atomic mass is 10.1. The number of hydrogen-bond donors (Lipinski definition) is 2. The number of H-pyrrole nitrogens is 1. The molecule has 1 aliphatic rings. The molecule has 1 fully saturated rings. The summed E-state index contributed by atoms with van der Waals surface area (Å²) in [7, 11) is -3.44. The van der Waals surface area contributed by atoms with E-state index in [2.05, 4.69) is 19.9 Å². The topological polar surface area (TPSA) is 138 Å². The number of ketones is 1. The molecule has 36 heavy (non-hydrogen) atoms. The predicted molar refractivity (Wildman–Crippen MR) is 134 cm³/mol. The highest BCUT2D eigenvalue weighted by Crippen LogP contribution is 2.39. The average molecular weight is 508 g/mol. The van der Waals surface area contributed by atoms with Crippen LogP contribution < -0.4 is 9.64 Å². The lowest BCUT2D eigenvalue weighted by Gasteiger charge is -2.26. The number of carbonyl (C=O) groups excluding carboxylic acids is 1. The second-order valence-electron chi connectivity index (χ2n) is 8.64. The van der Waals surface area contributed by atoms with Gasteiger partial charge in [-0.3, -0.25) is 9.78 Å². The smallest absolute Gasteiger partial charge is 0.195 e. The fraction of sp³-hybridized carbons (Fsp3) is 0.280. The molecule has 10 nitrogen and oxygen atoms in total. The van der Waals surface area contributed by atoms with Crippen molar-refractivity contribution >= 4 is 32.3 Å². The number of aliphatic hydroxyl groups is 1. The van der Waals surface area contributed by atoms with Crippen LogP contribution in [0.1, 0.15) is 20.3 Å². The van der Waals surface area contributed by atoms with Gasteiger partial charge in [-0.25, -0.2) is 18.4 Å². The van der Waals surface area contributed by atoms with E-state index in [-0.39, 0.29) is 23.1 Å². The van der Waals surface area contributed by atoms with Gasteiger partial charge in [0, 0.05) is 25.2 Å². The number of imidazole rings is 1. The molecule has 4 aromatic rings. The highest BCUT2D eigenvalue weighted by Gasteiger charge is 2.36. The number of aromatic amines is 1. The van der Waals surface area contributed by atoms with Crippen molar-refractivity contribution in [2.45, 2.75) is 37.4 Å². The number of nitrogens with one attached hydrogen (secondary N) is 1. The van der Waals surface area contributed by atoms with Crippen LogP contribution in [0.2, 0.25) is 0 Å². The minimum Gasteiger partial charge on any atom is -0.453 e. The molecule has 3 aromatic heterocycles. The number of carbonyl (C=O) groups is 1. The van der Waals surface area contributed by atoms with Crippen LogP contribution in [0.25, 0.3) is 22.6 Å². The summed E-state index contributed by atoms with van der Waals surface area (Å²) in [5.74, 6) is 1.18. The molecule has 0 bridgehead atoms. The van der Waals surface area contributed by atoms with Crippen molar-refractivity contribution in [2.75, 3.05) is 17.2 Å². The second-order valence-corrected chi connectivity index (χ2v) is 10.9. The van der Waals surface area contributed by atoms with Gasteiger partial charge in [0.1, 0.15) is 11.4 Å². The number of hydrogen-bond acceptors (Lipinski definition) is 9. The van der Waals surface area contributed by atoms with Gasteiger partial charge in [0.2, 0.25) is 0 Å². The largest absolute Gasteiger partial charge is 0.453 e. The molecule has 0 amide bonds. The van der Waals surface area contributed by atoms with Gasteiger partial charge in [0.25, 0.3) is 0 Å². The Morgan fingerprint density at radius 1 is 1.22 bits per heavy atom. The van der Waals surface area contributed by atoms with Crippen molar-refractivity contribution in [1.82, 2.24) is 19.9 Å². The lowest BCUT2D eigenvalue weighted by molar-refractivity contribution is -0.118. The summed E-state index contributed by atoms with van der Waals surface area (Å²) in [4.78, 5) is 30.5. The Balaban J connectivity index is 1.59. The third-order valence-electron chi connectivity index (χ3n) is 6.16. The molecule has 0 aliphatic carbocycles. The third kappa shape index (κ3) is 4.54. The number of anilines is 1. The maximum absolute atomic E-state index is 12.4. The first-order valence-corrected chi connectivity index (χ1v) is 13.2. The fourth-order valence-corrected chi connectivity index (χ4v) is 5.09. The predicted octanol–water partition coefficient (Wildman–Crippen LogP) is 3.13. The van der Waals surface area contributed by atoms with E-state index in [0.29, 0.717) is 46.2 Å². The van der Waals surface area contributed by atoms with E-state index in [4.69, 9.17) is 4.74 Å². The maximum Gasteiger partial charge on any atom is 0.195 e. The number of nitrogens with zero attached hydrogens (tertiary/aromatic N) is 4. The molecule has 2 atom stereocenters. The van der Waals surface area contributed by atoms with E-state index in [9.17, 15) is 18.3 Å². The zero-order valence-corrected chi connectivity index (χ0v) is 20.6. The van der Waals surface area contributed by atoms with Crippen LogP contribution >= 0.6 is 0 Å². The monoisotopic (exact) mass is 507 g/mol. The molecular weight excluding hydrogens is 482 g/mol. The molecule has 1 aromatic carbocycles. The Hall–Kier alpha value is -3.83. The van der Waals surface area contributed by atoms with Crippen LogP contribution in [-0.4, -0.2) is 63.7 Å². The number of aromatic nitrogens is 4. The highest BCUT2D eigenvalue weighted by atomic mass is 32.2. The van der Waals surface area contributed by atoms with Crippen molar-refractivity contribution < 1.29 is 23.1 Å². The fourth-order valence-electron chi connectivity index (χ4n) is 4.31. The molecule has 11 heteroatoms. The minimum absolute atomic E-state index is 0.0281. The quantitative estimate of drug-likeness (QED) is 0.386. The molecule has 1 aliphatic heterocycles. The summed E-state index contributed by atoms with van der Waals surface area (Å²) in [6.45, 7) is 3.32. The van der Waals surface area contributed by atoms with Gasteiger partial charge in [0.15, 0.2) is 32.2 Å². The maximum atomic E-state index is 12.4. The molecule has 0 saturated carbocycles. The lowest BCUT2D eigenvalue weighted by Crippen LogP contribution is -2.35. The number of benzene rings is 1. The number of aliphatic hydroxyl groups excluding tert-OH is 1. The van der Waals surface area contributed by atoms with E-state index >= 15 is 0 Å². The van der Waals surface area contributed by atoms with Crippen molar-refractivity contribution in [2.24, 2.45) is 0 Å². The number of ether oxygens (including phenoxy) is 1. The van der Waals surface area contributed by atoms with Gasteiger partial charge < -0.3 is 19.7 Å². The van der Waals surface area contributed by atoms with Crippen molar-refractivity contribution in [1.29, 1.82) is 0 Å². The number of rotatable bonds is 7. The first kappa shape index (κ1) is 23.9. The van der Waals surface area contributed by atoms with E-state index in [1.807, 2.05) is 29.2 Å². The Morgan fingerprint density at radius 3 is 2.72 bits per heavy atom. The third-order valence-corrected chi connectivity index (χ3v) is 7.80. The molecule has 0 unspecified atom stereocenters. The number of β-amino-alcohol motifs (C(OH)–C–C–N with tert-alkyl or cyclic N) is 1. The Morgan fingerprint density at radius 2 is 2.06 bits per heavy atom.